The maximum atomic E-state index is 12.8. The molecule has 3 rings (SSSR count). The van der Waals surface area contributed by atoms with E-state index in [4.69, 9.17) is 0 Å². The van der Waals surface area contributed by atoms with Gasteiger partial charge in [0.1, 0.15) is 0 Å². The SMILES string of the molecule is CC(C)(CC1[Se]CC1c1ccccc1)C(=O)c1ccccc1. The first-order valence-electron chi connectivity index (χ1n) is 7.84. The standard InChI is InChI=1S/C20H22OSe/c1-20(2,19(21)16-11-7-4-8-12-16)13-18-17(14-22-18)15-9-5-3-6-10-15/h3-12,17-18H,13-14H2,1-2H3. The molecule has 114 valence electrons. The van der Waals surface area contributed by atoms with E-state index < -0.39 is 0 Å². The molecule has 0 aliphatic carbocycles. The van der Waals surface area contributed by atoms with Crippen LogP contribution < -0.4 is 0 Å². The van der Waals surface area contributed by atoms with Gasteiger partial charge in [-0.1, -0.05) is 0 Å². The van der Waals surface area contributed by atoms with E-state index in [0.29, 0.717) is 25.7 Å². The van der Waals surface area contributed by atoms with Crippen molar-refractivity contribution in [2.75, 3.05) is 0 Å². The van der Waals surface area contributed by atoms with Gasteiger partial charge in [0.15, 0.2) is 0 Å². The first-order valence-corrected chi connectivity index (χ1v) is 10.0. The molecular formula is C20H22OSe. The molecule has 0 radical (unpaired) electrons. The summed E-state index contributed by atoms with van der Waals surface area (Å²) < 4.78 is 0. The van der Waals surface area contributed by atoms with E-state index in [1.54, 1.807) is 0 Å². The van der Waals surface area contributed by atoms with E-state index >= 15 is 0 Å². The molecule has 2 aromatic carbocycles. The number of carbonyl (C=O) groups is 1. The Labute approximate surface area is 139 Å². The summed E-state index contributed by atoms with van der Waals surface area (Å²) in [5, 5.41) is 1.32. The van der Waals surface area contributed by atoms with Gasteiger partial charge in [0.05, 0.1) is 0 Å². The summed E-state index contributed by atoms with van der Waals surface area (Å²) in [4.78, 5) is 13.5. The summed E-state index contributed by atoms with van der Waals surface area (Å²) in [6.07, 6.45) is 1.00. The van der Waals surface area contributed by atoms with Crippen LogP contribution in [0.1, 0.15) is 42.1 Å². The Bertz CT molecular complexity index is 633. The van der Waals surface area contributed by atoms with E-state index in [9.17, 15) is 4.79 Å². The average molecular weight is 357 g/mol. The van der Waals surface area contributed by atoms with Crippen LogP contribution in [-0.4, -0.2) is 20.7 Å². The Morgan fingerprint density at radius 3 is 2.18 bits per heavy atom. The van der Waals surface area contributed by atoms with E-state index in [1.807, 2.05) is 30.3 Å². The second-order valence-electron chi connectivity index (χ2n) is 6.67. The van der Waals surface area contributed by atoms with E-state index in [-0.39, 0.29) is 11.2 Å². The molecule has 2 unspecified atom stereocenters. The molecule has 0 N–H and O–H groups in total. The number of hydrogen-bond acceptors (Lipinski definition) is 1. The minimum absolute atomic E-state index is 0.277. The number of carbonyl (C=O) groups excluding carboxylic acids is 1. The van der Waals surface area contributed by atoms with Gasteiger partial charge in [-0.05, 0) is 0 Å². The molecule has 0 amide bonds. The van der Waals surface area contributed by atoms with Crippen molar-refractivity contribution in [2.45, 2.75) is 36.3 Å². The molecule has 0 bridgehead atoms. The van der Waals surface area contributed by atoms with Crippen LogP contribution in [0.15, 0.2) is 60.7 Å². The molecule has 1 aliphatic heterocycles. The summed E-state index contributed by atoms with van der Waals surface area (Å²) in [5.74, 6) is 0.937. The van der Waals surface area contributed by atoms with Gasteiger partial charge >= 0.3 is 139 Å². The molecule has 2 atom stereocenters. The summed E-state index contributed by atoms with van der Waals surface area (Å²) >= 11 is 0.675. The van der Waals surface area contributed by atoms with E-state index in [2.05, 4.69) is 44.2 Å². The second-order valence-corrected chi connectivity index (χ2v) is 9.34. The number of Topliss-reactive ketones (excluding diaryl/α,β-unsaturated/α-hetero) is 1. The predicted molar refractivity (Wildman–Crippen MR) is 92.7 cm³/mol. The molecule has 1 heterocycles. The zero-order valence-electron chi connectivity index (χ0n) is 13.2. The Morgan fingerprint density at radius 1 is 1.05 bits per heavy atom. The monoisotopic (exact) mass is 358 g/mol. The third kappa shape index (κ3) is 3.19. The van der Waals surface area contributed by atoms with Crippen molar-refractivity contribution in [2.24, 2.45) is 5.41 Å². The number of hydrogen-bond donors (Lipinski definition) is 0. The molecule has 0 aromatic heterocycles. The van der Waals surface area contributed by atoms with Gasteiger partial charge in [0.2, 0.25) is 0 Å². The Hall–Kier alpha value is -1.37. The molecule has 2 aromatic rings. The first kappa shape index (κ1) is 15.5. The van der Waals surface area contributed by atoms with Gasteiger partial charge in [-0.3, -0.25) is 0 Å². The normalized spacial score (nSPS) is 21.2. The van der Waals surface area contributed by atoms with Crippen molar-refractivity contribution < 1.29 is 4.79 Å². The topological polar surface area (TPSA) is 17.1 Å². The zero-order chi connectivity index (χ0) is 15.6. The van der Waals surface area contributed by atoms with Crippen molar-refractivity contribution in [1.29, 1.82) is 0 Å². The zero-order valence-corrected chi connectivity index (χ0v) is 14.9. The fourth-order valence-corrected chi connectivity index (χ4v) is 6.35. The van der Waals surface area contributed by atoms with Crippen LogP contribution in [-0.2, 0) is 0 Å². The Kier molecular flexibility index (Phi) is 4.51. The van der Waals surface area contributed by atoms with Crippen LogP contribution in [0.25, 0.3) is 0 Å². The predicted octanol–water partition coefficient (Wildman–Crippen LogP) is 4.99. The Morgan fingerprint density at radius 2 is 1.64 bits per heavy atom. The fourth-order valence-electron chi connectivity index (χ4n) is 3.12. The number of rotatable bonds is 5. The summed E-state index contributed by atoms with van der Waals surface area (Å²) in [6, 6.07) is 20.5. The fraction of sp³-hybridized carbons (Fsp3) is 0.350. The molecule has 1 aliphatic rings. The third-order valence-electron chi connectivity index (χ3n) is 4.53. The van der Waals surface area contributed by atoms with Crippen LogP contribution in [0.2, 0.25) is 10.1 Å². The molecule has 1 saturated heterocycles. The summed E-state index contributed by atoms with van der Waals surface area (Å²) in [7, 11) is 0. The molecule has 2 heteroatoms. The number of ketones is 1. The van der Waals surface area contributed by atoms with Crippen molar-refractivity contribution in [1.82, 2.24) is 0 Å². The van der Waals surface area contributed by atoms with E-state index in [0.717, 1.165) is 12.0 Å². The van der Waals surface area contributed by atoms with Crippen LogP contribution in [0, 0.1) is 5.41 Å². The molecule has 0 saturated carbocycles. The van der Waals surface area contributed by atoms with Gasteiger partial charge in [-0.2, -0.15) is 0 Å². The summed E-state index contributed by atoms with van der Waals surface area (Å²) in [6.45, 7) is 4.22. The van der Waals surface area contributed by atoms with Crippen LogP contribution >= 0.6 is 0 Å². The molecule has 22 heavy (non-hydrogen) atoms. The molecular weight excluding hydrogens is 335 g/mol. The van der Waals surface area contributed by atoms with Crippen molar-refractivity contribution >= 4 is 20.7 Å². The Balaban J connectivity index is 1.71. The van der Waals surface area contributed by atoms with Crippen molar-refractivity contribution in [3.8, 4) is 0 Å². The van der Waals surface area contributed by atoms with Crippen LogP contribution in [0.4, 0.5) is 0 Å². The number of benzene rings is 2. The first-order chi connectivity index (χ1) is 10.6. The van der Waals surface area contributed by atoms with Crippen molar-refractivity contribution in [3.05, 3.63) is 71.8 Å². The maximum absolute atomic E-state index is 12.8. The van der Waals surface area contributed by atoms with Crippen molar-refractivity contribution in [3.63, 3.8) is 0 Å². The van der Waals surface area contributed by atoms with Gasteiger partial charge in [-0.15, -0.1) is 0 Å². The van der Waals surface area contributed by atoms with Crippen LogP contribution in [0.3, 0.4) is 0 Å². The van der Waals surface area contributed by atoms with Crippen LogP contribution in [0.5, 0.6) is 0 Å². The van der Waals surface area contributed by atoms with Gasteiger partial charge in [0, 0.05) is 0 Å². The van der Waals surface area contributed by atoms with E-state index in [1.165, 1.54) is 10.9 Å². The molecule has 1 nitrogen and oxygen atoms in total. The molecule has 0 spiro atoms. The van der Waals surface area contributed by atoms with Gasteiger partial charge < -0.3 is 0 Å². The average Bonchev–Trinajstić information content (AvgIpc) is 2.53. The third-order valence-corrected chi connectivity index (χ3v) is 7.62. The molecule has 1 fully saturated rings. The minimum atomic E-state index is -0.277. The second kappa shape index (κ2) is 6.40. The van der Waals surface area contributed by atoms with Gasteiger partial charge in [-0.25, -0.2) is 0 Å². The quantitative estimate of drug-likeness (QED) is 0.544. The van der Waals surface area contributed by atoms with Gasteiger partial charge in [0.25, 0.3) is 0 Å². The summed E-state index contributed by atoms with van der Waals surface area (Å²) in [5.41, 5.74) is 2.01.